The maximum Gasteiger partial charge on any atom is 0.410 e. The summed E-state index contributed by atoms with van der Waals surface area (Å²) < 4.78 is 19.4. The van der Waals surface area contributed by atoms with E-state index >= 15 is 0 Å². The second-order valence-electron chi connectivity index (χ2n) is 7.92. The molecule has 0 aromatic heterocycles. The van der Waals surface area contributed by atoms with Gasteiger partial charge in [-0.3, -0.25) is 4.90 Å². The third-order valence-corrected chi connectivity index (χ3v) is 6.08. The van der Waals surface area contributed by atoms with E-state index in [0.717, 1.165) is 11.1 Å². The molecule has 5 rings (SSSR count). The van der Waals surface area contributed by atoms with E-state index in [1.807, 2.05) is 24.3 Å². The third-order valence-electron chi connectivity index (χ3n) is 6.08. The van der Waals surface area contributed by atoms with Crippen LogP contribution in [0.3, 0.4) is 0 Å². The zero-order chi connectivity index (χ0) is 20.7. The molecule has 5 heteroatoms. The van der Waals surface area contributed by atoms with Gasteiger partial charge in [-0.05, 0) is 46.4 Å². The van der Waals surface area contributed by atoms with Gasteiger partial charge in [0, 0.05) is 5.92 Å². The van der Waals surface area contributed by atoms with Crippen molar-refractivity contribution in [1.29, 1.82) is 0 Å². The van der Waals surface area contributed by atoms with Crippen molar-refractivity contribution in [3.05, 3.63) is 95.3 Å². The van der Waals surface area contributed by atoms with Crippen LogP contribution >= 0.6 is 0 Å². The summed E-state index contributed by atoms with van der Waals surface area (Å²) in [6.45, 7) is 0.396. The average Bonchev–Trinajstić information content (AvgIpc) is 3.30. The van der Waals surface area contributed by atoms with Crippen molar-refractivity contribution in [2.24, 2.45) is 0 Å². The average molecular weight is 403 g/mol. The second kappa shape index (κ2) is 7.58. The molecule has 30 heavy (non-hydrogen) atoms. The van der Waals surface area contributed by atoms with Crippen LogP contribution in [-0.2, 0) is 4.74 Å². The first-order chi connectivity index (χ1) is 14.6. The number of benzene rings is 3. The summed E-state index contributed by atoms with van der Waals surface area (Å²) in [5.41, 5.74) is 5.30. The Kier molecular flexibility index (Phi) is 4.75. The van der Waals surface area contributed by atoms with Crippen molar-refractivity contribution >= 4 is 6.09 Å². The normalized spacial score (nSPS) is 20.1. The van der Waals surface area contributed by atoms with E-state index in [1.165, 1.54) is 28.2 Å². The zero-order valence-corrected chi connectivity index (χ0v) is 16.4. The van der Waals surface area contributed by atoms with Crippen LogP contribution in [0.4, 0.5) is 9.18 Å². The van der Waals surface area contributed by atoms with Gasteiger partial charge in [0.1, 0.15) is 12.4 Å². The van der Waals surface area contributed by atoms with Gasteiger partial charge < -0.3 is 9.84 Å². The zero-order valence-electron chi connectivity index (χ0n) is 16.4. The number of halogens is 1. The number of rotatable bonds is 3. The highest BCUT2D eigenvalue weighted by atomic mass is 19.1. The monoisotopic (exact) mass is 403 g/mol. The molecule has 1 fully saturated rings. The Hall–Kier alpha value is -3.18. The highest BCUT2D eigenvalue weighted by molar-refractivity contribution is 5.79. The Bertz CT molecular complexity index is 1050. The van der Waals surface area contributed by atoms with Gasteiger partial charge in [0.25, 0.3) is 0 Å². The highest BCUT2D eigenvalue weighted by Gasteiger charge is 2.37. The fourth-order valence-corrected chi connectivity index (χ4v) is 4.72. The van der Waals surface area contributed by atoms with Gasteiger partial charge in [0.15, 0.2) is 0 Å². The van der Waals surface area contributed by atoms with E-state index in [2.05, 4.69) is 24.3 Å². The minimum atomic E-state index is -0.654. The largest absolute Gasteiger partial charge is 0.448 e. The lowest BCUT2D eigenvalue weighted by atomic mass is 9.98. The van der Waals surface area contributed by atoms with Crippen molar-refractivity contribution in [3.8, 4) is 11.1 Å². The van der Waals surface area contributed by atoms with E-state index in [0.29, 0.717) is 12.0 Å². The molecular weight excluding hydrogens is 381 g/mol. The molecule has 1 N–H and O–H groups in total. The van der Waals surface area contributed by atoms with E-state index in [1.54, 1.807) is 12.1 Å². The first-order valence-electron chi connectivity index (χ1n) is 10.2. The number of ether oxygens (including phenoxy) is 1. The minimum absolute atomic E-state index is 0.0264. The lowest BCUT2D eigenvalue weighted by Gasteiger charge is -2.25. The topological polar surface area (TPSA) is 49.8 Å². The maximum absolute atomic E-state index is 13.7. The van der Waals surface area contributed by atoms with Crippen molar-refractivity contribution in [1.82, 2.24) is 4.90 Å². The molecule has 0 bridgehead atoms. The molecular formula is C25H22FNO3. The predicted octanol–water partition coefficient (Wildman–Crippen LogP) is 4.88. The Morgan fingerprint density at radius 3 is 2.33 bits per heavy atom. The number of fused-ring (bicyclic) bond motifs is 3. The van der Waals surface area contributed by atoms with Gasteiger partial charge in [0.2, 0.25) is 0 Å². The number of carbonyl (C=O) groups is 1. The number of likely N-dealkylation sites (tertiary alicyclic amines) is 1. The molecule has 1 aliphatic heterocycles. The van der Waals surface area contributed by atoms with E-state index in [4.69, 9.17) is 4.74 Å². The van der Waals surface area contributed by atoms with Crippen LogP contribution in [0.5, 0.6) is 0 Å². The number of aliphatic hydroxyl groups excluding tert-OH is 1. The molecule has 3 aromatic rings. The summed E-state index contributed by atoms with van der Waals surface area (Å²) in [6, 6.07) is 22.1. The third kappa shape index (κ3) is 3.25. The molecule has 4 nitrogen and oxygen atoms in total. The Morgan fingerprint density at radius 1 is 1.00 bits per heavy atom. The van der Waals surface area contributed by atoms with Gasteiger partial charge in [-0.1, -0.05) is 60.7 Å². The molecule has 2 aliphatic rings. The van der Waals surface area contributed by atoms with Crippen LogP contribution in [0, 0.1) is 5.82 Å². The fraction of sp³-hybridized carbons (Fsp3) is 0.240. The maximum atomic E-state index is 13.7. The number of amides is 1. The van der Waals surface area contributed by atoms with Crippen LogP contribution in [-0.4, -0.2) is 35.4 Å². The molecule has 2 unspecified atom stereocenters. The predicted molar refractivity (Wildman–Crippen MR) is 112 cm³/mol. The van der Waals surface area contributed by atoms with Gasteiger partial charge in [-0.2, -0.15) is 0 Å². The molecule has 0 radical (unpaired) electrons. The smallest absolute Gasteiger partial charge is 0.410 e. The molecule has 1 amide bonds. The van der Waals surface area contributed by atoms with Gasteiger partial charge in [-0.25, -0.2) is 9.18 Å². The Morgan fingerprint density at radius 2 is 1.67 bits per heavy atom. The van der Waals surface area contributed by atoms with Gasteiger partial charge >= 0.3 is 6.09 Å². The van der Waals surface area contributed by atoms with Crippen LogP contribution in [0.1, 0.15) is 35.1 Å². The number of hydrogen-bond donors (Lipinski definition) is 1. The SMILES string of the molecule is O=C(OCC1c2ccccc2-c2ccccc21)N1CC(O)CC1c1cccc(F)c1. The van der Waals surface area contributed by atoms with Crippen molar-refractivity contribution in [2.45, 2.75) is 24.5 Å². The number of aliphatic hydroxyl groups is 1. The van der Waals surface area contributed by atoms with Crippen molar-refractivity contribution in [2.75, 3.05) is 13.2 Å². The molecule has 1 aliphatic carbocycles. The summed E-state index contributed by atoms with van der Waals surface area (Å²) in [7, 11) is 0. The highest BCUT2D eigenvalue weighted by Crippen LogP contribution is 2.44. The molecule has 1 saturated heterocycles. The molecule has 2 atom stereocenters. The number of carbonyl (C=O) groups excluding carboxylic acids is 1. The number of hydrogen-bond acceptors (Lipinski definition) is 3. The summed E-state index contributed by atoms with van der Waals surface area (Å²) in [5.74, 6) is -0.386. The van der Waals surface area contributed by atoms with E-state index in [-0.39, 0.29) is 24.9 Å². The summed E-state index contributed by atoms with van der Waals surface area (Å²) >= 11 is 0. The van der Waals surface area contributed by atoms with Crippen LogP contribution in [0.2, 0.25) is 0 Å². The standard InChI is InChI=1S/C25H22FNO3/c26-17-7-5-6-16(12-17)24-13-18(28)14-27(24)25(29)30-15-23-21-10-3-1-8-19(21)20-9-2-4-11-22(20)23/h1-12,18,23-24,28H,13-15H2. The van der Waals surface area contributed by atoms with Crippen molar-refractivity contribution in [3.63, 3.8) is 0 Å². The molecule has 0 spiro atoms. The van der Waals surface area contributed by atoms with E-state index in [9.17, 15) is 14.3 Å². The second-order valence-corrected chi connectivity index (χ2v) is 7.92. The Labute approximate surface area is 174 Å². The quantitative estimate of drug-likeness (QED) is 0.678. The molecule has 152 valence electrons. The fourth-order valence-electron chi connectivity index (χ4n) is 4.72. The minimum Gasteiger partial charge on any atom is -0.448 e. The molecule has 1 heterocycles. The number of nitrogens with zero attached hydrogens (tertiary/aromatic N) is 1. The van der Waals surface area contributed by atoms with Crippen molar-refractivity contribution < 1.29 is 19.0 Å². The molecule has 3 aromatic carbocycles. The molecule has 0 saturated carbocycles. The van der Waals surface area contributed by atoms with Crippen LogP contribution in [0.15, 0.2) is 72.8 Å². The summed E-state index contributed by atoms with van der Waals surface area (Å²) in [6.07, 6.45) is -0.769. The van der Waals surface area contributed by atoms with Crippen LogP contribution in [0.25, 0.3) is 11.1 Å². The lowest BCUT2D eigenvalue weighted by molar-refractivity contribution is 0.0909. The lowest BCUT2D eigenvalue weighted by Crippen LogP contribution is -2.33. The first kappa shape index (κ1) is 18.8. The van der Waals surface area contributed by atoms with Gasteiger partial charge in [0.05, 0.1) is 18.7 Å². The van der Waals surface area contributed by atoms with Crippen LogP contribution < -0.4 is 0 Å². The van der Waals surface area contributed by atoms with E-state index < -0.39 is 18.2 Å². The summed E-state index contributed by atoms with van der Waals surface area (Å²) in [4.78, 5) is 14.4. The van der Waals surface area contributed by atoms with Gasteiger partial charge in [-0.15, -0.1) is 0 Å². The Balaban J connectivity index is 1.36. The number of β-amino-alcohol motifs (C(OH)–C–C–N with tert-alkyl or cyclic N) is 1. The summed E-state index contributed by atoms with van der Waals surface area (Å²) in [5, 5.41) is 10.1. The first-order valence-corrected chi connectivity index (χ1v) is 10.2.